The predicted molar refractivity (Wildman–Crippen MR) is 88.4 cm³/mol. The highest BCUT2D eigenvalue weighted by atomic mass is 32.1. The van der Waals surface area contributed by atoms with Gasteiger partial charge in [-0.05, 0) is 51.2 Å². The van der Waals surface area contributed by atoms with E-state index in [1.54, 1.807) is 19.9 Å². The lowest BCUT2D eigenvalue weighted by Gasteiger charge is -2.11. The first-order valence-electron chi connectivity index (χ1n) is 7.62. The number of carbonyl (C=O) groups excluding carboxylic acids is 2. The number of fused-ring (bicyclic) bond motifs is 1. The van der Waals surface area contributed by atoms with Gasteiger partial charge in [-0.1, -0.05) is 0 Å². The zero-order valence-corrected chi connectivity index (χ0v) is 14.3. The quantitative estimate of drug-likeness (QED) is 0.866. The average molecular weight is 333 g/mol. The minimum atomic E-state index is -0.389. The molecule has 23 heavy (non-hydrogen) atoms. The number of hydrogen-bond donors (Lipinski definition) is 1. The Bertz CT molecular complexity index is 772. The van der Waals surface area contributed by atoms with Gasteiger partial charge in [0.05, 0.1) is 18.2 Å². The molecule has 5 nitrogen and oxygen atoms in total. The summed E-state index contributed by atoms with van der Waals surface area (Å²) in [4.78, 5) is 25.9. The van der Waals surface area contributed by atoms with Crippen LogP contribution in [0.3, 0.4) is 0 Å². The van der Waals surface area contributed by atoms with Crippen LogP contribution >= 0.6 is 11.3 Å². The van der Waals surface area contributed by atoms with Gasteiger partial charge in [0, 0.05) is 4.88 Å². The van der Waals surface area contributed by atoms with Gasteiger partial charge < -0.3 is 14.5 Å². The first-order valence-corrected chi connectivity index (χ1v) is 8.44. The van der Waals surface area contributed by atoms with Gasteiger partial charge in [0.1, 0.15) is 16.5 Å². The van der Waals surface area contributed by atoms with E-state index in [0.717, 1.165) is 31.2 Å². The molecule has 0 atom stereocenters. The number of thiophene rings is 1. The number of rotatable bonds is 3. The van der Waals surface area contributed by atoms with E-state index in [4.69, 9.17) is 9.15 Å². The molecule has 3 rings (SSSR count). The lowest BCUT2D eigenvalue weighted by molar-refractivity contribution is 0.0601. The number of nitrogens with one attached hydrogen (secondary N) is 1. The number of esters is 1. The Kier molecular flexibility index (Phi) is 4.26. The maximum atomic E-state index is 12.5. The van der Waals surface area contributed by atoms with E-state index in [1.165, 1.54) is 23.3 Å². The van der Waals surface area contributed by atoms with Crippen LogP contribution in [0.5, 0.6) is 0 Å². The molecule has 0 saturated carbocycles. The molecule has 0 radical (unpaired) electrons. The van der Waals surface area contributed by atoms with E-state index in [1.807, 2.05) is 0 Å². The molecule has 0 bridgehead atoms. The highest BCUT2D eigenvalue weighted by molar-refractivity contribution is 7.17. The molecule has 0 aromatic carbocycles. The standard InChI is InChI=1S/C17H19NO4S/c1-9-8-12(10(2)22-9)15(19)18-16-14(17(20)21-3)11-6-4-5-7-13(11)23-16/h8H,4-7H2,1-3H3,(H,18,19). The van der Waals surface area contributed by atoms with Crippen LogP contribution < -0.4 is 5.32 Å². The van der Waals surface area contributed by atoms with Gasteiger partial charge in [-0.25, -0.2) is 4.79 Å². The summed E-state index contributed by atoms with van der Waals surface area (Å²) >= 11 is 1.48. The third-order valence-corrected chi connectivity index (χ3v) is 5.28. The number of methoxy groups -OCH3 is 1. The van der Waals surface area contributed by atoms with Crippen molar-refractivity contribution in [3.05, 3.63) is 39.2 Å². The van der Waals surface area contributed by atoms with Crippen molar-refractivity contribution in [2.24, 2.45) is 0 Å². The van der Waals surface area contributed by atoms with Crippen LogP contribution in [0.1, 0.15) is 55.5 Å². The molecule has 122 valence electrons. The van der Waals surface area contributed by atoms with E-state index < -0.39 is 0 Å². The zero-order valence-electron chi connectivity index (χ0n) is 13.4. The topological polar surface area (TPSA) is 68.5 Å². The first kappa shape index (κ1) is 15.8. The average Bonchev–Trinajstić information content (AvgIpc) is 3.05. The van der Waals surface area contributed by atoms with Crippen LogP contribution in [0, 0.1) is 13.8 Å². The van der Waals surface area contributed by atoms with Crippen molar-refractivity contribution >= 4 is 28.2 Å². The van der Waals surface area contributed by atoms with Gasteiger partial charge in [0.15, 0.2) is 0 Å². The number of hydrogen-bond acceptors (Lipinski definition) is 5. The fourth-order valence-corrected chi connectivity index (χ4v) is 4.27. The number of aryl methyl sites for hydroxylation is 3. The number of ether oxygens (including phenoxy) is 1. The van der Waals surface area contributed by atoms with Crippen LogP contribution in [-0.2, 0) is 17.6 Å². The molecule has 0 spiro atoms. The van der Waals surface area contributed by atoms with Crippen molar-refractivity contribution in [2.45, 2.75) is 39.5 Å². The summed E-state index contributed by atoms with van der Waals surface area (Å²) in [6.07, 6.45) is 3.97. The molecule has 0 unspecified atom stereocenters. The summed E-state index contributed by atoms with van der Waals surface area (Å²) in [5, 5.41) is 3.45. The summed E-state index contributed by atoms with van der Waals surface area (Å²) in [7, 11) is 1.37. The Morgan fingerprint density at radius 2 is 2.00 bits per heavy atom. The Morgan fingerprint density at radius 1 is 1.26 bits per heavy atom. The summed E-state index contributed by atoms with van der Waals surface area (Å²) in [5.41, 5.74) is 2.03. The number of anilines is 1. The van der Waals surface area contributed by atoms with Crippen LogP contribution in [0.15, 0.2) is 10.5 Å². The Labute approximate surface area is 138 Å². The van der Waals surface area contributed by atoms with Gasteiger partial charge in [0.25, 0.3) is 5.91 Å². The largest absolute Gasteiger partial charge is 0.466 e. The second kappa shape index (κ2) is 6.20. The molecular weight excluding hydrogens is 314 g/mol. The highest BCUT2D eigenvalue weighted by Crippen LogP contribution is 2.38. The summed E-state index contributed by atoms with van der Waals surface area (Å²) < 4.78 is 10.3. The summed E-state index contributed by atoms with van der Waals surface area (Å²) in [5.74, 6) is 0.607. The smallest absolute Gasteiger partial charge is 0.341 e. The minimum Gasteiger partial charge on any atom is -0.466 e. The molecule has 1 N–H and O–H groups in total. The lowest BCUT2D eigenvalue weighted by atomic mass is 9.95. The van der Waals surface area contributed by atoms with Crippen molar-refractivity contribution in [3.8, 4) is 0 Å². The van der Waals surface area contributed by atoms with E-state index in [2.05, 4.69) is 5.32 Å². The second-order valence-electron chi connectivity index (χ2n) is 5.69. The van der Waals surface area contributed by atoms with Crippen molar-refractivity contribution < 1.29 is 18.7 Å². The predicted octanol–water partition coefficient (Wildman–Crippen LogP) is 3.88. The second-order valence-corrected chi connectivity index (χ2v) is 6.79. The third-order valence-electron chi connectivity index (χ3n) is 4.07. The molecule has 2 heterocycles. The minimum absolute atomic E-state index is 0.261. The molecular formula is C17H19NO4S. The third kappa shape index (κ3) is 2.91. The molecule has 6 heteroatoms. The molecule has 0 aliphatic heterocycles. The molecule has 2 aromatic rings. The van der Waals surface area contributed by atoms with Gasteiger partial charge in [-0.3, -0.25) is 4.79 Å². The fourth-order valence-electron chi connectivity index (χ4n) is 3.00. The molecule has 0 saturated heterocycles. The summed E-state index contributed by atoms with van der Waals surface area (Å²) in [6.45, 7) is 3.55. The Hall–Kier alpha value is -2.08. The van der Waals surface area contributed by atoms with Crippen molar-refractivity contribution in [2.75, 3.05) is 12.4 Å². The van der Waals surface area contributed by atoms with Gasteiger partial charge in [-0.15, -0.1) is 11.3 Å². The Balaban J connectivity index is 1.96. The monoisotopic (exact) mass is 333 g/mol. The lowest BCUT2D eigenvalue weighted by Crippen LogP contribution is -2.15. The van der Waals surface area contributed by atoms with Crippen molar-refractivity contribution in [1.29, 1.82) is 0 Å². The molecule has 1 aliphatic carbocycles. The normalized spacial score (nSPS) is 13.5. The van der Waals surface area contributed by atoms with E-state index in [0.29, 0.717) is 27.6 Å². The van der Waals surface area contributed by atoms with E-state index >= 15 is 0 Å². The molecule has 1 aliphatic rings. The maximum Gasteiger partial charge on any atom is 0.341 e. The van der Waals surface area contributed by atoms with Crippen molar-refractivity contribution in [1.82, 2.24) is 0 Å². The van der Waals surface area contributed by atoms with E-state index in [-0.39, 0.29) is 11.9 Å². The summed E-state index contributed by atoms with van der Waals surface area (Å²) in [6, 6.07) is 1.70. The highest BCUT2D eigenvalue weighted by Gasteiger charge is 2.27. The van der Waals surface area contributed by atoms with E-state index in [9.17, 15) is 9.59 Å². The first-order chi connectivity index (χ1) is 11.0. The maximum absolute atomic E-state index is 12.5. The van der Waals surface area contributed by atoms with Crippen LogP contribution in [0.4, 0.5) is 5.00 Å². The van der Waals surface area contributed by atoms with Crippen LogP contribution in [0.25, 0.3) is 0 Å². The molecule has 0 fully saturated rings. The van der Waals surface area contributed by atoms with Crippen LogP contribution in [0.2, 0.25) is 0 Å². The van der Waals surface area contributed by atoms with Gasteiger partial charge in [-0.2, -0.15) is 0 Å². The zero-order chi connectivity index (χ0) is 16.6. The number of amides is 1. The van der Waals surface area contributed by atoms with Crippen molar-refractivity contribution in [3.63, 3.8) is 0 Å². The number of furan rings is 1. The van der Waals surface area contributed by atoms with Crippen LogP contribution in [-0.4, -0.2) is 19.0 Å². The molecule has 1 amide bonds. The molecule has 2 aromatic heterocycles. The fraction of sp³-hybridized carbons (Fsp3) is 0.412. The van der Waals surface area contributed by atoms with Gasteiger partial charge in [0.2, 0.25) is 0 Å². The number of carbonyl (C=O) groups is 2. The van der Waals surface area contributed by atoms with Gasteiger partial charge >= 0.3 is 5.97 Å². The SMILES string of the molecule is COC(=O)c1c(NC(=O)c2cc(C)oc2C)sc2c1CCCC2. The Morgan fingerprint density at radius 3 is 2.65 bits per heavy atom.